The van der Waals surface area contributed by atoms with Crippen LogP contribution in [-0.2, 0) is 0 Å². The van der Waals surface area contributed by atoms with Gasteiger partial charge in [-0.05, 0) is 32.5 Å². The lowest BCUT2D eigenvalue weighted by Crippen LogP contribution is -2.55. The zero-order chi connectivity index (χ0) is 15.0. The van der Waals surface area contributed by atoms with Crippen LogP contribution in [0.15, 0.2) is 18.7 Å². The third kappa shape index (κ3) is 2.84. The van der Waals surface area contributed by atoms with Crippen LogP contribution in [0.3, 0.4) is 0 Å². The van der Waals surface area contributed by atoms with Crippen LogP contribution in [0, 0.1) is 0 Å². The van der Waals surface area contributed by atoms with E-state index in [-0.39, 0.29) is 5.28 Å². The molecule has 2 aromatic rings. The number of imidazole rings is 1. The minimum Gasteiger partial charge on any atom is -0.338 e. The van der Waals surface area contributed by atoms with E-state index in [1.807, 2.05) is 0 Å². The first-order valence-electron chi connectivity index (χ1n) is 6.91. The second-order valence-corrected chi connectivity index (χ2v) is 5.78. The number of hydrogen-bond acceptors (Lipinski definition) is 6. The highest BCUT2D eigenvalue weighted by atomic mass is 35.5. The highest BCUT2D eigenvalue weighted by Gasteiger charge is 2.28. The quantitative estimate of drug-likeness (QED) is 0.832. The first-order chi connectivity index (χ1) is 10.0. The van der Waals surface area contributed by atoms with Gasteiger partial charge in [-0.15, -0.1) is 0 Å². The number of halogens is 1. The molecule has 1 saturated heterocycles. The van der Waals surface area contributed by atoms with Gasteiger partial charge in [0.1, 0.15) is 6.33 Å². The Morgan fingerprint density at radius 3 is 2.38 bits per heavy atom. The number of anilines is 1. The molecule has 0 N–H and O–H groups in total. The molecule has 2 aromatic heterocycles. The predicted molar refractivity (Wildman–Crippen MR) is 80.9 cm³/mol. The zero-order valence-corrected chi connectivity index (χ0v) is 13.1. The molecule has 3 heterocycles. The maximum Gasteiger partial charge on any atom is 0.241 e. The summed E-state index contributed by atoms with van der Waals surface area (Å²) in [5.74, 6) is 1.10. The van der Waals surface area contributed by atoms with Crippen LogP contribution >= 0.6 is 11.6 Å². The molecule has 2 unspecified atom stereocenters. The van der Waals surface area contributed by atoms with Crippen LogP contribution in [0.2, 0.25) is 5.28 Å². The molecule has 0 spiro atoms. The fourth-order valence-corrected chi connectivity index (χ4v) is 2.68. The SMILES string of the molecule is CC1CN(c2nc(Cl)nc(-n3ccnc3)n2)CC(C)N1C. The fourth-order valence-electron chi connectivity index (χ4n) is 2.53. The van der Waals surface area contributed by atoms with Crippen molar-refractivity contribution < 1.29 is 0 Å². The number of hydrogen-bond donors (Lipinski definition) is 0. The van der Waals surface area contributed by atoms with Crippen molar-refractivity contribution in [2.45, 2.75) is 25.9 Å². The summed E-state index contributed by atoms with van der Waals surface area (Å²) >= 11 is 6.05. The Bertz CT molecular complexity index is 603. The monoisotopic (exact) mass is 307 g/mol. The van der Waals surface area contributed by atoms with Gasteiger partial charge in [0.25, 0.3) is 0 Å². The van der Waals surface area contributed by atoms with Gasteiger partial charge in [-0.3, -0.25) is 9.47 Å². The lowest BCUT2D eigenvalue weighted by atomic mass is 10.1. The van der Waals surface area contributed by atoms with Crippen molar-refractivity contribution in [3.8, 4) is 5.95 Å². The molecule has 1 aliphatic heterocycles. The summed E-state index contributed by atoms with van der Waals surface area (Å²) in [7, 11) is 2.14. The molecule has 1 aliphatic rings. The molecule has 3 rings (SSSR count). The van der Waals surface area contributed by atoms with Crippen LogP contribution in [0.25, 0.3) is 5.95 Å². The van der Waals surface area contributed by atoms with Gasteiger partial charge in [-0.25, -0.2) is 4.98 Å². The maximum absolute atomic E-state index is 6.05. The molecule has 8 heteroatoms. The molecule has 21 heavy (non-hydrogen) atoms. The van der Waals surface area contributed by atoms with Crippen LogP contribution in [0.1, 0.15) is 13.8 Å². The topological polar surface area (TPSA) is 63.0 Å². The van der Waals surface area contributed by atoms with Crippen molar-refractivity contribution in [2.75, 3.05) is 25.0 Å². The van der Waals surface area contributed by atoms with Gasteiger partial charge in [0, 0.05) is 37.6 Å². The molecule has 1 fully saturated rings. The molecule has 0 saturated carbocycles. The van der Waals surface area contributed by atoms with Gasteiger partial charge in [0.2, 0.25) is 17.2 Å². The highest BCUT2D eigenvalue weighted by molar-refractivity contribution is 6.28. The molecule has 0 radical (unpaired) electrons. The van der Waals surface area contributed by atoms with Crippen LogP contribution in [0.4, 0.5) is 5.95 Å². The van der Waals surface area contributed by atoms with Gasteiger partial charge in [-0.2, -0.15) is 15.0 Å². The van der Waals surface area contributed by atoms with E-state index < -0.39 is 0 Å². The molecule has 0 aliphatic carbocycles. The largest absolute Gasteiger partial charge is 0.338 e. The predicted octanol–water partition coefficient (Wildman–Crippen LogP) is 1.24. The molecule has 0 aromatic carbocycles. The molecule has 0 bridgehead atoms. The first-order valence-corrected chi connectivity index (χ1v) is 7.29. The summed E-state index contributed by atoms with van der Waals surface area (Å²) in [6.45, 7) is 6.12. The second-order valence-electron chi connectivity index (χ2n) is 5.44. The van der Waals surface area contributed by atoms with Crippen molar-refractivity contribution in [2.24, 2.45) is 0 Å². The Morgan fingerprint density at radius 1 is 1.10 bits per heavy atom. The summed E-state index contributed by atoms with van der Waals surface area (Å²) in [4.78, 5) is 21.5. The van der Waals surface area contributed by atoms with Gasteiger partial charge in [-0.1, -0.05) is 0 Å². The van der Waals surface area contributed by atoms with Gasteiger partial charge in [0.05, 0.1) is 0 Å². The molecule has 112 valence electrons. The van der Waals surface area contributed by atoms with E-state index in [1.54, 1.807) is 23.3 Å². The van der Waals surface area contributed by atoms with Crippen molar-refractivity contribution in [1.29, 1.82) is 0 Å². The summed E-state index contributed by atoms with van der Waals surface area (Å²) < 4.78 is 1.72. The Hall–Kier alpha value is -1.73. The standard InChI is InChI=1S/C13H18ClN7/c1-9-6-21(7-10(2)19(9)3)13-17-11(14)16-12(18-13)20-5-4-15-8-20/h4-5,8-10H,6-7H2,1-3H3. The van der Waals surface area contributed by atoms with E-state index in [9.17, 15) is 0 Å². The van der Waals surface area contributed by atoms with E-state index in [4.69, 9.17) is 11.6 Å². The Kier molecular flexibility index (Phi) is 3.77. The zero-order valence-electron chi connectivity index (χ0n) is 12.3. The summed E-state index contributed by atoms with van der Waals surface area (Å²) in [6, 6.07) is 0.863. The van der Waals surface area contributed by atoms with Gasteiger partial charge in [0.15, 0.2) is 0 Å². The number of likely N-dealkylation sites (N-methyl/N-ethyl adjacent to an activating group) is 1. The average molecular weight is 308 g/mol. The Morgan fingerprint density at radius 2 is 1.76 bits per heavy atom. The van der Waals surface area contributed by atoms with E-state index in [1.165, 1.54) is 0 Å². The minimum atomic E-state index is 0.197. The van der Waals surface area contributed by atoms with E-state index in [0.717, 1.165) is 13.1 Å². The van der Waals surface area contributed by atoms with E-state index >= 15 is 0 Å². The number of piperazine rings is 1. The fraction of sp³-hybridized carbons (Fsp3) is 0.538. The van der Waals surface area contributed by atoms with Gasteiger partial charge < -0.3 is 4.90 Å². The normalized spacial score (nSPS) is 23.5. The summed E-state index contributed by atoms with van der Waals surface area (Å²) in [6.07, 6.45) is 5.10. The smallest absolute Gasteiger partial charge is 0.241 e. The van der Waals surface area contributed by atoms with Crippen LogP contribution in [-0.4, -0.2) is 61.6 Å². The van der Waals surface area contributed by atoms with Crippen LogP contribution < -0.4 is 4.90 Å². The molecular weight excluding hydrogens is 290 g/mol. The first kappa shape index (κ1) is 14.2. The third-order valence-electron chi connectivity index (χ3n) is 3.96. The van der Waals surface area contributed by atoms with E-state index in [2.05, 4.69) is 50.6 Å². The summed E-state index contributed by atoms with van der Waals surface area (Å²) in [5.41, 5.74) is 0. The van der Waals surface area contributed by atoms with Crippen LogP contribution in [0.5, 0.6) is 0 Å². The number of nitrogens with zero attached hydrogens (tertiary/aromatic N) is 7. The molecular formula is C13H18ClN7. The minimum absolute atomic E-state index is 0.197. The second kappa shape index (κ2) is 5.57. The molecule has 7 nitrogen and oxygen atoms in total. The van der Waals surface area contributed by atoms with Crippen molar-refractivity contribution >= 4 is 17.5 Å². The highest BCUT2D eigenvalue weighted by Crippen LogP contribution is 2.20. The third-order valence-corrected chi connectivity index (χ3v) is 4.13. The number of rotatable bonds is 2. The lowest BCUT2D eigenvalue weighted by molar-refractivity contribution is 0.169. The Labute approximate surface area is 128 Å². The Balaban J connectivity index is 1.92. The van der Waals surface area contributed by atoms with Gasteiger partial charge >= 0.3 is 0 Å². The molecule has 0 amide bonds. The molecule has 2 atom stereocenters. The summed E-state index contributed by atoms with van der Waals surface area (Å²) in [5, 5.41) is 0.197. The van der Waals surface area contributed by atoms with Crippen molar-refractivity contribution in [1.82, 2.24) is 29.4 Å². The van der Waals surface area contributed by atoms with Crippen molar-refractivity contribution in [3.63, 3.8) is 0 Å². The van der Waals surface area contributed by atoms with Crippen molar-refractivity contribution in [3.05, 3.63) is 24.0 Å². The lowest BCUT2D eigenvalue weighted by Gasteiger charge is -2.42. The van der Waals surface area contributed by atoms with E-state index in [0.29, 0.717) is 24.0 Å². The number of aromatic nitrogens is 5. The maximum atomic E-state index is 6.05. The average Bonchev–Trinajstić information content (AvgIpc) is 2.97.